The summed E-state index contributed by atoms with van der Waals surface area (Å²) in [5.74, 6) is -1.21. The molecule has 0 aliphatic heterocycles. The van der Waals surface area contributed by atoms with Crippen LogP contribution in [-0.2, 0) is 12.0 Å². The molecule has 1 aromatic heterocycles. The van der Waals surface area contributed by atoms with E-state index < -0.39 is 37.6 Å². The molecule has 27 heavy (non-hydrogen) atoms. The first-order chi connectivity index (χ1) is 12.4. The minimum Gasteiger partial charge on any atom is -0.497 e. The van der Waals surface area contributed by atoms with E-state index in [1.807, 2.05) is 11.3 Å². The first-order valence-corrected chi connectivity index (χ1v) is 8.29. The number of aromatic hydroxyl groups is 1. The van der Waals surface area contributed by atoms with Gasteiger partial charge in [0, 0.05) is 16.3 Å². The van der Waals surface area contributed by atoms with Gasteiger partial charge in [0.15, 0.2) is 0 Å². The maximum atomic E-state index is 10.4. The van der Waals surface area contributed by atoms with Crippen molar-refractivity contribution in [2.45, 2.75) is 32.7 Å². The Morgan fingerprint density at radius 2 is 1.48 bits per heavy atom. The first kappa shape index (κ1) is 21.9. The highest BCUT2D eigenvalue weighted by Gasteiger charge is 2.30. The summed E-state index contributed by atoms with van der Waals surface area (Å²) in [4.78, 5) is 30.5. The Hall–Kier alpha value is -3.12. The summed E-state index contributed by atoms with van der Waals surface area (Å²) in [6.45, 7) is 7.33. The largest absolute Gasteiger partial charge is 0.497 e. The van der Waals surface area contributed by atoms with Gasteiger partial charge in [-0.1, -0.05) is 20.8 Å². The molecule has 3 N–H and O–H groups in total. The van der Waals surface area contributed by atoms with Crippen molar-refractivity contribution in [2.24, 2.45) is 5.73 Å². The Morgan fingerprint density at radius 3 is 1.74 bits per heavy atom. The molecule has 0 unspecified atom stereocenters. The van der Waals surface area contributed by atoms with Crippen LogP contribution in [0.4, 0.5) is 17.1 Å². The summed E-state index contributed by atoms with van der Waals surface area (Å²) in [7, 11) is 0. The maximum absolute atomic E-state index is 10.4. The van der Waals surface area contributed by atoms with Gasteiger partial charge in [-0.05, 0) is 17.5 Å². The zero-order valence-electron chi connectivity index (χ0n) is 14.7. The molecule has 2 aromatic rings. The minimum atomic E-state index is -1.21. The molecule has 0 fully saturated rings. The Morgan fingerprint density at radius 1 is 1.00 bits per heavy atom. The third kappa shape index (κ3) is 5.69. The molecule has 12 heteroatoms. The number of hydrogen-bond acceptors (Lipinski definition) is 9. The molecule has 0 radical (unpaired) electrons. The molecule has 1 aromatic carbocycles. The molecular formula is C15H18N4O7S. The summed E-state index contributed by atoms with van der Waals surface area (Å²) >= 11 is 1.81. The maximum Gasteiger partial charge on any atom is 0.324 e. The monoisotopic (exact) mass is 398 g/mol. The van der Waals surface area contributed by atoms with E-state index in [2.05, 4.69) is 32.9 Å². The number of nitrogens with two attached hydrogens (primary N) is 1. The van der Waals surface area contributed by atoms with Crippen LogP contribution in [-0.4, -0.2) is 19.9 Å². The van der Waals surface area contributed by atoms with Crippen LogP contribution in [0.3, 0.4) is 0 Å². The highest BCUT2D eigenvalue weighted by molar-refractivity contribution is 7.12. The van der Waals surface area contributed by atoms with Gasteiger partial charge in [-0.15, -0.1) is 11.3 Å². The van der Waals surface area contributed by atoms with Gasteiger partial charge < -0.3 is 10.8 Å². The van der Waals surface area contributed by atoms with Crippen molar-refractivity contribution in [3.8, 4) is 5.75 Å². The van der Waals surface area contributed by atoms with Crippen LogP contribution in [0.25, 0.3) is 0 Å². The molecule has 2 rings (SSSR count). The van der Waals surface area contributed by atoms with Crippen molar-refractivity contribution in [1.82, 2.24) is 0 Å². The number of thiophene rings is 1. The lowest BCUT2D eigenvalue weighted by atomic mass is 9.95. The van der Waals surface area contributed by atoms with Gasteiger partial charge in [-0.3, -0.25) is 30.3 Å². The van der Waals surface area contributed by atoms with Crippen molar-refractivity contribution in [3.63, 3.8) is 0 Å². The van der Waals surface area contributed by atoms with Gasteiger partial charge in [-0.25, -0.2) is 0 Å². The fourth-order valence-electron chi connectivity index (χ4n) is 1.86. The first-order valence-electron chi connectivity index (χ1n) is 7.48. The van der Waals surface area contributed by atoms with Gasteiger partial charge in [0.1, 0.15) is 0 Å². The van der Waals surface area contributed by atoms with Crippen molar-refractivity contribution in [2.75, 3.05) is 0 Å². The third-order valence-electron chi connectivity index (χ3n) is 3.26. The number of non-ortho nitro benzene ring substituents is 1. The summed E-state index contributed by atoms with van der Waals surface area (Å²) in [6.07, 6.45) is 0. The van der Waals surface area contributed by atoms with Gasteiger partial charge in [-0.2, -0.15) is 0 Å². The van der Waals surface area contributed by atoms with Crippen molar-refractivity contribution >= 4 is 28.4 Å². The average Bonchev–Trinajstić information content (AvgIpc) is 3.04. The molecule has 0 spiro atoms. The predicted octanol–water partition coefficient (Wildman–Crippen LogP) is 3.62. The van der Waals surface area contributed by atoms with Crippen LogP contribution in [0, 0.1) is 30.3 Å². The molecule has 1 heterocycles. The van der Waals surface area contributed by atoms with Crippen LogP contribution in [0.15, 0.2) is 24.3 Å². The summed E-state index contributed by atoms with van der Waals surface area (Å²) in [6, 6.07) is 5.18. The van der Waals surface area contributed by atoms with Crippen molar-refractivity contribution < 1.29 is 19.9 Å². The van der Waals surface area contributed by atoms with Gasteiger partial charge in [0.25, 0.3) is 11.4 Å². The van der Waals surface area contributed by atoms with E-state index in [1.54, 1.807) is 0 Å². The van der Waals surface area contributed by atoms with E-state index in [-0.39, 0.29) is 5.41 Å². The molecule has 0 bridgehead atoms. The number of benzene rings is 1. The second kappa shape index (κ2) is 8.51. The topological polar surface area (TPSA) is 176 Å². The second-order valence-corrected chi connectivity index (χ2v) is 7.49. The van der Waals surface area contributed by atoms with E-state index in [1.165, 1.54) is 9.75 Å². The molecule has 0 saturated carbocycles. The highest BCUT2D eigenvalue weighted by Crippen LogP contribution is 2.39. The molecule has 0 aliphatic carbocycles. The van der Waals surface area contributed by atoms with E-state index in [4.69, 9.17) is 10.8 Å². The molecule has 0 atom stereocenters. The molecule has 0 saturated heterocycles. The van der Waals surface area contributed by atoms with Gasteiger partial charge in [0.2, 0.25) is 0 Å². The van der Waals surface area contributed by atoms with Crippen LogP contribution in [0.1, 0.15) is 30.5 Å². The SMILES string of the molecule is CC(C)(C)c1ccc(CN)s1.O=[N+]([O-])c1cc([N+](=O)[O-])c(O)c([N+](=O)[O-])c1. The normalized spacial score (nSPS) is 10.7. The summed E-state index contributed by atoms with van der Waals surface area (Å²) < 4.78 is 0. The van der Waals surface area contributed by atoms with E-state index >= 15 is 0 Å². The predicted molar refractivity (Wildman–Crippen MR) is 99.0 cm³/mol. The van der Waals surface area contributed by atoms with Crippen molar-refractivity contribution in [3.05, 3.63) is 64.4 Å². The van der Waals surface area contributed by atoms with Gasteiger partial charge >= 0.3 is 11.4 Å². The molecule has 0 amide bonds. The minimum absolute atomic E-state index is 0.276. The van der Waals surface area contributed by atoms with Crippen LogP contribution in [0.2, 0.25) is 0 Å². The highest BCUT2D eigenvalue weighted by atomic mass is 32.1. The van der Waals surface area contributed by atoms with Gasteiger partial charge in [0.05, 0.1) is 26.9 Å². The molecular weight excluding hydrogens is 380 g/mol. The second-order valence-electron chi connectivity index (χ2n) is 6.32. The third-order valence-corrected chi connectivity index (χ3v) is 4.79. The smallest absolute Gasteiger partial charge is 0.324 e. The zero-order valence-corrected chi connectivity index (χ0v) is 15.6. The molecule has 0 aliphatic rings. The number of phenols is 1. The zero-order chi connectivity index (χ0) is 20.9. The average molecular weight is 398 g/mol. The Labute approximate surface area is 157 Å². The van der Waals surface area contributed by atoms with Crippen LogP contribution in [0.5, 0.6) is 5.75 Å². The Balaban J connectivity index is 0.000000289. The lowest BCUT2D eigenvalue weighted by Crippen LogP contribution is -2.07. The number of nitro benzene ring substituents is 3. The van der Waals surface area contributed by atoms with E-state index in [0.29, 0.717) is 18.7 Å². The molecule has 11 nitrogen and oxygen atoms in total. The Bertz CT molecular complexity index is 838. The number of nitrogens with zero attached hydrogens (tertiary/aromatic N) is 3. The van der Waals surface area contributed by atoms with Crippen LogP contribution < -0.4 is 5.73 Å². The lowest BCUT2D eigenvalue weighted by molar-refractivity contribution is -0.404. The van der Waals surface area contributed by atoms with Crippen molar-refractivity contribution in [1.29, 1.82) is 0 Å². The number of rotatable bonds is 4. The van der Waals surface area contributed by atoms with E-state index in [9.17, 15) is 30.3 Å². The molecule has 146 valence electrons. The lowest BCUT2D eigenvalue weighted by Gasteiger charge is -2.15. The van der Waals surface area contributed by atoms with Crippen LogP contribution >= 0.6 is 11.3 Å². The number of hydrogen-bond donors (Lipinski definition) is 2. The number of nitro groups is 3. The number of phenolic OH excluding ortho intramolecular Hbond substituents is 1. The fourth-order valence-corrected chi connectivity index (χ4v) is 2.81. The summed E-state index contributed by atoms with van der Waals surface area (Å²) in [5, 5.41) is 40.2. The van der Waals surface area contributed by atoms with E-state index in [0.717, 1.165) is 0 Å². The fraction of sp³-hybridized carbons (Fsp3) is 0.333. The standard InChI is InChI=1S/C9H15NS.C6H3N3O7/c1-9(2,3)8-5-4-7(6-10)11-8;10-6-4(8(13)14)1-3(7(11)12)2-5(6)9(15)16/h4-5H,6,10H2,1-3H3;1-2,10H. The summed E-state index contributed by atoms with van der Waals surface area (Å²) in [5.41, 5.74) is 2.79. The quantitative estimate of drug-likeness (QED) is 0.579. The Kier molecular flexibility index (Phi) is 6.91.